The van der Waals surface area contributed by atoms with Gasteiger partial charge in [-0.2, -0.15) is 11.3 Å². The number of likely N-dealkylation sites (tertiary alicyclic amines) is 1. The van der Waals surface area contributed by atoms with E-state index in [1.165, 1.54) is 0 Å². The zero-order chi connectivity index (χ0) is 15.4. The van der Waals surface area contributed by atoms with Gasteiger partial charge in [-0.1, -0.05) is 6.08 Å². The van der Waals surface area contributed by atoms with Crippen LogP contribution in [0.5, 0.6) is 0 Å². The maximum absolute atomic E-state index is 12.4. The summed E-state index contributed by atoms with van der Waals surface area (Å²) in [6.45, 7) is 9.12. The van der Waals surface area contributed by atoms with E-state index in [2.05, 4.69) is 16.9 Å². The van der Waals surface area contributed by atoms with Crippen molar-refractivity contribution in [2.45, 2.75) is 18.9 Å². The Labute approximate surface area is 136 Å². The van der Waals surface area contributed by atoms with E-state index in [0.29, 0.717) is 12.3 Å². The SMILES string of the molecule is C=CCN1CCO[C@H]2CN(C(=O)Cc3ccsc3)CC[C@H]2C1. The summed E-state index contributed by atoms with van der Waals surface area (Å²) in [7, 11) is 0. The van der Waals surface area contributed by atoms with Gasteiger partial charge in [0.05, 0.1) is 19.1 Å². The maximum Gasteiger partial charge on any atom is 0.227 e. The molecule has 0 saturated carbocycles. The van der Waals surface area contributed by atoms with Crippen LogP contribution >= 0.6 is 11.3 Å². The molecule has 2 fully saturated rings. The Kier molecular flexibility index (Phi) is 5.28. The summed E-state index contributed by atoms with van der Waals surface area (Å²) in [5, 5.41) is 4.08. The second-order valence-corrected chi connectivity index (χ2v) is 6.93. The molecule has 0 unspecified atom stereocenters. The number of rotatable bonds is 4. The van der Waals surface area contributed by atoms with E-state index in [1.54, 1.807) is 11.3 Å². The fourth-order valence-corrected chi connectivity index (χ4v) is 4.04. The number of fused-ring (bicyclic) bond motifs is 1. The lowest BCUT2D eigenvalue weighted by Gasteiger charge is -2.38. The lowest BCUT2D eigenvalue weighted by atomic mass is 9.93. The number of thiophene rings is 1. The minimum absolute atomic E-state index is 0.190. The van der Waals surface area contributed by atoms with Crippen molar-refractivity contribution >= 4 is 17.2 Å². The van der Waals surface area contributed by atoms with Gasteiger partial charge in [0.2, 0.25) is 5.91 Å². The molecule has 2 atom stereocenters. The molecular weight excluding hydrogens is 296 g/mol. The molecule has 1 aromatic heterocycles. The van der Waals surface area contributed by atoms with Gasteiger partial charge in [-0.25, -0.2) is 0 Å². The Hall–Kier alpha value is -1.17. The first-order valence-electron chi connectivity index (χ1n) is 8.00. The van der Waals surface area contributed by atoms with Gasteiger partial charge in [-0.3, -0.25) is 9.69 Å². The van der Waals surface area contributed by atoms with Gasteiger partial charge in [0.1, 0.15) is 0 Å². The van der Waals surface area contributed by atoms with E-state index in [1.807, 2.05) is 22.4 Å². The third-order valence-electron chi connectivity index (χ3n) is 4.60. The molecule has 2 aliphatic heterocycles. The summed E-state index contributed by atoms with van der Waals surface area (Å²) in [4.78, 5) is 16.8. The van der Waals surface area contributed by atoms with E-state index in [9.17, 15) is 4.79 Å². The summed E-state index contributed by atoms with van der Waals surface area (Å²) in [6, 6.07) is 2.03. The molecule has 0 radical (unpaired) electrons. The zero-order valence-corrected chi connectivity index (χ0v) is 13.8. The molecule has 120 valence electrons. The minimum atomic E-state index is 0.190. The second kappa shape index (κ2) is 7.40. The number of hydrogen-bond acceptors (Lipinski definition) is 4. The molecule has 1 amide bonds. The van der Waals surface area contributed by atoms with Crippen molar-refractivity contribution in [2.24, 2.45) is 5.92 Å². The Balaban J connectivity index is 1.56. The number of piperidine rings is 1. The summed E-state index contributed by atoms with van der Waals surface area (Å²) < 4.78 is 6.03. The fourth-order valence-electron chi connectivity index (χ4n) is 3.37. The normalized spacial score (nSPS) is 26.3. The van der Waals surface area contributed by atoms with Gasteiger partial charge < -0.3 is 9.64 Å². The molecule has 0 aromatic carbocycles. The predicted molar refractivity (Wildman–Crippen MR) is 89.1 cm³/mol. The number of hydrogen-bond donors (Lipinski definition) is 0. The van der Waals surface area contributed by atoms with Gasteiger partial charge in [0.15, 0.2) is 0 Å². The molecule has 0 spiro atoms. The van der Waals surface area contributed by atoms with Crippen LogP contribution in [0.1, 0.15) is 12.0 Å². The predicted octanol–water partition coefficient (Wildman–Crippen LogP) is 2.03. The van der Waals surface area contributed by atoms with E-state index in [-0.39, 0.29) is 12.0 Å². The third kappa shape index (κ3) is 3.77. The quantitative estimate of drug-likeness (QED) is 0.796. The highest BCUT2D eigenvalue weighted by Crippen LogP contribution is 2.24. The van der Waals surface area contributed by atoms with Crippen molar-refractivity contribution in [3.63, 3.8) is 0 Å². The molecule has 2 aliphatic rings. The second-order valence-electron chi connectivity index (χ2n) is 6.15. The first kappa shape index (κ1) is 15.7. The Morgan fingerprint density at radius 2 is 2.36 bits per heavy atom. The van der Waals surface area contributed by atoms with Crippen LogP contribution in [0.15, 0.2) is 29.5 Å². The van der Waals surface area contributed by atoms with Gasteiger partial charge >= 0.3 is 0 Å². The molecule has 0 N–H and O–H groups in total. The molecule has 3 heterocycles. The summed E-state index contributed by atoms with van der Waals surface area (Å²) in [6.07, 6.45) is 3.70. The first-order chi connectivity index (χ1) is 10.8. The molecule has 22 heavy (non-hydrogen) atoms. The molecular formula is C17H24N2O2S. The monoisotopic (exact) mass is 320 g/mol. The highest BCUT2D eigenvalue weighted by Gasteiger charge is 2.34. The lowest BCUT2D eigenvalue weighted by molar-refractivity contribution is -0.136. The van der Waals surface area contributed by atoms with Gasteiger partial charge in [-0.15, -0.1) is 6.58 Å². The average Bonchev–Trinajstić information content (AvgIpc) is 2.93. The highest BCUT2D eigenvalue weighted by atomic mass is 32.1. The average molecular weight is 320 g/mol. The maximum atomic E-state index is 12.4. The van der Waals surface area contributed by atoms with Gasteiger partial charge in [-0.05, 0) is 28.8 Å². The zero-order valence-electron chi connectivity index (χ0n) is 12.9. The van der Waals surface area contributed by atoms with Crippen LogP contribution in [0.2, 0.25) is 0 Å². The number of ether oxygens (including phenoxy) is 1. The Bertz CT molecular complexity index is 503. The van der Waals surface area contributed by atoms with Crippen molar-refractivity contribution < 1.29 is 9.53 Å². The van der Waals surface area contributed by atoms with Crippen molar-refractivity contribution in [1.29, 1.82) is 0 Å². The Morgan fingerprint density at radius 3 is 3.14 bits per heavy atom. The van der Waals surface area contributed by atoms with E-state index >= 15 is 0 Å². The van der Waals surface area contributed by atoms with Crippen LogP contribution in [0.25, 0.3) is 0 Å². The number of nitrogens with zero attached hydrogens (tertiary/aromatic N) is 2. The lowest BCUT2D eigenvalue weighted by Crippen LogP contribution is -2.49. The number of carbonyl (C=O) groups is 1. The van der Waals surface area contributed by atoms with Crippen LogP contribution < -0.4 is 0 Å². The summed E-state index contributed by atoms with van der Waals surface area (Å²) in [5.74, 6) is 0.764. The van der Waals surface area contributed by atoms with Gasteiger partial charge in [0.25, 0.3) is 0 Å². The fraction of sp³-hybridized carbons (Fsp3) is 0.588. The van der Waals surface area contributed by atoms with E-state index < -0.39 is 0 Å². The molecule has 4 nitrogen and oxygen atoms in total. The van der Waals surface area contributed by atoms with Crippen LogP contribution in [0.4, 0.5) is 0 Å². The molecule has 3 rings (SSSR count). The highest BCUT2D eigenvalue weighted by molar-refractivity contribution is 7.07. The van der Waals surface area contributed by atoms with Crippen molar-refractivity contribution in [3.05, 3.63) is 35.0 Å². The van der Waals surface area contributed by atoms with E-state index in [0.717, 1.165) is 51.3 Å². The smallest absolute Gasteiger partial charge is 0.227 e. The summed E-state index contributed by atoms with van der Waals surface area (Å²) in [5.41, 5.74) is 1.12. The van der Waals surface area contributed by atoms with Crippen LogP contribution in [-0.2, 0) is 16.0 Å². The van der Waals surface area contributed by atoms with Crippen molar-refractivity contribution in [3.8, 4) is 0 Å². The summed E-state index contributed by atoms with van der Waals surface area (Å²) >= 11 is 1.64. The largest absolute Gasteiger partial charge is 0.375 e. The third-order valence-corrected chi connectivity index (χ3v) is 5.34. The minimum Gasteiger partial charge on any atom is -0.375 e. The first-order valence-corrected chi connectivity index (χ1v) is 8.94. The molecule has 1 aromatic rings. The topological polar surface area (TPSA) is 32.8 Å². The van der Waals surface area contributed by atoms with Crippen LogP contribution in [0, 0.1) is 5.92 Å². The van der Waals surface area contributed by atoms with Crippen LogP contribution in [-0.4, -0.2) is 61.1 Å². The Morgan fingerprint density at radius 1 is 1.45 bits per heavy atom. The van der Waals surface area contributed by atoms with Crippen molar-refractivity contribution in [2.75, 3.05) is 39.3 Å². The van der Waals surface area contributed by atoms with Crippen LogP contribution in [0.3, 0.4) is 0 Å². The number of carbonyl (C=O) groups excluding carboxylic acids is 1. The van der Waals surface area contributed by atoms with Gasteiger partial charge in [0, 0.05) is 38.6 Å². The molecule has 0 bridgehead atoms. The van der Waals surface area contributed by atoms with E-state index in [4.69, 9.17) is 4.74 Å². The molecule has 2 saturated heterocycles. The molecule has 0 aliphatic carbocycles. The number of amides is 1. The van der Waals surface area contributed by atoms with Crippen molar-refractivity contribution in [1.82, 2.24) is 9.80 Å². The molecule has 5 heteroatoms. The standard InChI is InChI=1S/C17H24N2O2S/c1-2-5-18-7-8-21-16-12-19(6-3-15(16)11-18)17(20)10-14-4-9-22-13-14/h2,4,9,13,15-16H,1,3,5-8,10-12H2/t15-,16-/m0/s1.